The molecular weight excluding hydrogens is 476 g/mol. The number of nitro groups is 1. The van der Waals surface area contributed by atoms with Crippen LogP contribution in [0.4, 0.5) is 10.5 Å². The second-order valence-corrected chi connectivity index (χ2v) is 8.89. The van der Waals surface area contributed by atoms with Gasteiger partial charge in [0.05, 0.1) is 15.6 Å². The lowest BCUT2D eigenvalue weighted by atomic mass is 10.2. The minimum atomic E-state index is -0.622. The molecule has 1 aromatic heterocycles. The van der Waals surface area contributed by atoms with Crippen LogP contribution < -0.4 is 5.32 Å². The van der Waals surface area contributed by atoms with Crippen molar-refractivity contribution in [1.29, 1.82) is 0 Å². The van der Waals surface area contributed by atoms with Crippen LogP contribution in [0, 0.1) is 10.1 Å². The number of nitro benzene ring substituents is 1. The van der Waals surface area contributed by atoms with Gasteiger partial charge in [0.25, 0.3) is 16.8 Å². The minimum Gasteiger partial charge on any atom is -0.354 e. The van der Waals surface area contributed by atoms with Gasteiger partial charge in [-0.2, -0.15) is 0 Å². The van der Waals surface area contributed by atoms with Crippen LogP contribution in [-0.2, 0) is 15.3 Å². The fourth-order valence-electron chi connectivity index (χ4n) is 2.71. The molecule has 1 fully saturated rings. The van der Waals surface area contributed by atoms with Crippen molar-refractivity contribution in [2.24, 2.45) is 0 Å². The summed E-state index contributed by atoms with van der Waals surface area (Å²) in [6, 6.07) is 7.87. The highest BCUT2D eigenvalue weighted by atomic mass is 35.5. The number of carbonyl (C=O) groups is 3. The first-order valence-corrected chi connectivity index (χ1v) is 11.6. The third-order valence-electron chi connectivity index (χ3n) is 4.22. The molecule has 2 aromatic rings. The number of imide groups is 1. The Balaban J connectivity index is 1.49. The first kappa shape index (κ1) is 23.8. The molecular formula is C20H17ClN4O5S2. The zero-order valence-electron chi connectivity index (χ0n) is 16.5. The van der Waals surface area contributed by atoms with Gasteiger partial charge in [-0.3, -0.25) is 34.4 Å². The van der Waals surface area contributed by atoms with E-state index in [0.717, 1.165) is 22.2 Å². The van der Waals surface area contributed by atoms with Gasteiger partial charge in [-0.25, -0.2) is 0 Å². The molecule has 3 rings (SSSR count). The molecule has 3 amide bonds. The predicted octanol–water partition coefficient (Wildman–Crippen LogP) is 3.73. The number of amides is 3. The Bertz CT molecular complexity index is 1080. The van der Waals surface area contributed by atoms with Gasteiger partial charge in [-0.05, 0) is 41.1 Å². The Labute approximate surface area is 196 Å². The van der Waals surface area contributed by atoms with E-state index in [1.807, 2.05) is 12.1 Å². The van der Waals surface area contributed by atoms with Gasteiger partial charge < -0.3 is 5.32 Å². The van der Waals surface area contributed by atoms with Crippen LogP contribution in [0.1, 0.15) is 11.1 Å². The third kappa shape index (κ3) is 6.31. The summed E-state index contributed by atoms with van der Waals surface area (Å²) in [5.41, 5.74) is 1.11. The highest BCUT2D eigenvalue weighted by Gasteiger charge is 2.34. The molecule has 32 heavy (non-hydrogen) atoms. The molecule has 0 spiro atoms. The Kier molecular flexibility index (Phi) is 8.26. The molecule has 1 saturated heterocycles. The fraction of sp³-hybridized carbons (Fsp3) is 0.200. The second kappa shape index (κ2) is 11.1. The van der Waals surface area contributed by atoms with E-state index >= 15 is 0 Å². The maximum Gasteiger partial charge on any atom is 0.293 e. The van der Waals surface area contributed by atoms with Gasteiger partial charge in [0.2, 0.25) is 5.91 Å². The standard InChI is InChI=1S/C20H17ClN4O5S2/c21-15-4-3-13(8-16(15)25(29)30)9-17-19(27)24(20(28)32-17)7-6-23-18(26)12-31-11-14-2-1-5-22-10-14/h1-5,8-10H,6-7,11-12H2,(H,23,26)/b17-9-. The summed E-state index contributed by atoms with van der Waals surface area (Å²) in [4.78, 5) is 52.3. The third-order valence-corrected chi connectivity index (χ3v) is 6.45. The number of carbonyl (C=O) groups excluding carboxylic acids is 3. The molecule has 1 aliphatic heterocycles. The van der Waals surface area contributed by atoms with E-state index in [2.05, 4.69) is 10.3 Å². The summed E-state index contributed by atoms with van der Waals surface area (Å²) in [6.07, 6.45) is 4.82. The molecule has 0 radical (unpaired) electrons. The topological polar surface area (TPSA) is 123 Å². The molecule has 9 nitrogen and oxygen atoms in total. The molecule has 0 saturated carbocycles. The minimum absolute atomic E-state index is 0.0189. The van der Waals surface area contributed by atoms with Crippen LogP contribution in [-0.4, -0.2) is 50.7 Å². The highest BCUT2D eigenvalue weighted by molar-refractivity contribution is 8.18. The summed E-state index contributed by atoms with van der Waals surface area (Å²) < 4.78 is 0. The van der Waals surface area contributed by atoms with Crippen molar-refractivity contribution in [2.45, 2.75) is 5.75 Å². The molecule has 12 heteroatoms. The molecule has 1 aliphatic rings. The average molecular weight is 493 g/mol. The monoisotopic (exact) mass is 492 g/mol. The van der Waals surface area contributed by atoms with E-state index in [1.165, 1.54) is 36.0 Å². The maximum absolute atomic E-state index is 12.5. The Morgan fingerprint density at radius 1 is 1.34 bits per heavy atom. The lowest BCUT2D eigenvalue weighted by Gasteiger charge is -2.13. The Morgan fingerprint density at radius 3 is 2.88 bits per heavy atom. The molecule has 1 aromatic carbocycles. The first-order chi connectivity index (χ1) is 15.3. The van der Waals surface area contributed by atoms with Crippen molar-refractivity contribution < 1.29 is 19.3 Å². The summed E-state index contributed by atoms with van der Waals surface area (Å²) in [7, 11) is 0. The summed E-state index contributed by atoms with van der Waals surface area (Å²) >= 11 is 7.97. The number of nitrogens with one attached hydrogen (secondary N) is 1. The van der Waals surface area contributed by atoms with Crippen molar-refractivity contribution in [3.05, 3.63) is 73.9 Å². The number of nitrogens with zero attached hydrogens (tertiary/aromatic N) is 3. The summed E-state index contributed by atoms with van der Waals surface area (Å²) in [6.45, 7) is 0.159. The predicted molar refractivity (Wildman–Crippen MR) is 124 cm³/mol. The van der Waals surface area contributed by atoms with E-state index in [9.17, 15) is 24.5 Å². The number of pyridine rings is 1. The van der Waals surface area contributed by atoms with Crippen molar-refractivity contribution in [3.63, 3.8) is 0 Å². The maximum atomic E-state index is 12.5. The van der Waals surface area contributed by atoms with Gasteiger partial charge >= 0.3 is 0 Å². The van der Waals surface area contributed by atoms with Crippen LogP contribution >= 0.6 is 35.1 Å². The number of thioether (sulfide) groups is 2. The highest BCUT2D eigenvalue weighted by Crippen LogP contribution is 2.33. The van der Waals surface area contributed by atoms with Crippen LogP contribution in [0.15, 0.2) is 47.6 Å². The molecule has 2 heterocycles. The van der Waals surface area contributed by atoms with E-state index in [-0.39, 0.29) is 40.4 Å². The van der Waals surface area contributed by atoms with Crippen molar-refractivity contribution in [3.8, 4) is 0 Å². The van der Waals surface area contributed by atoms with E-state index in [1.54, 1.807) is 12.4 Å². The SMILES string of the molecule is O=C(CSCc1cccnc1)NCCN1C(=O)S/C(=C\c2ccc(Cl)c([N+](=O)[O-])c2)C1=O. The van der Waals surface area contributed by atoms with Crippen molar-refractivity contribution in [2.75, 3.05) is 18.8 Å². The number of hydrogen-bond acceptors (Lipinski definition) is 8. The lowest BCUT2D eigenvalue weighted by molar-refractivity contribution is -0.384. The Hall–Kier alpha value is -2.89. The van der Waals surface area contributed by atoms with E-state index in [0.29, 0.717) is 11.3 Å². The molecule has 0 unspecified atom stereocenters. The largest absolute Gasteiger partial charge is 0.354 e. The first-order valence-electron chi connectivity index (χ1n) is 9.28. The average Bonchev–Trinajstić information content (AvgIpc) is 3.03. The smallest absolute Gasteiger partial charge is 0.293 e. The van der Waals surface area contributed by atoms with Crippen LogP contribution in [0.5, 0.6) is 0 Å². The van der Waals surface area contributed by atoms with Crippen LogP contribution in [0.3, 0.4) is 0 Å². The van der Waals surface area contributed by atoms with Gasteiger partial charge in [-0.1, -0.05) is 23.7 Å². The molecule has 0 atom stereocenters. The molecule has 0 aliphatic carbocycles. The lowest BCUT2D eigenvalue weighted by Crippen LogP contribution is -2.37. The Morgan fingerprint density at radius 2 is 2.16 bits per heavy atom. The fourth-order valence-corrected chi connectivity index (χ4v) is 4.55. The summed E-state index contributed by atoms with van der Waals surface area (Å²) in [5, 5.41) is 13.2. The molecule has 1 N–H and O–H groups in total. The van der Waals surface area contributed by atoms with Crippen molar-refractivity contribution in [1.82, 2.24) is 15.2 Å². The zero-order valence-corrected chi connectivity index (χ0v) is 18.9. The second-order valence-electron chi connectivity index (χ2n) is 6.51. The number of aromatic nitrogens is 1. The number of benzene rings is 1. The summed E-state index contributed by atoms with van der Waals surface area (Å²) in [5.74, 6) is 0.178. The number of hydrogen-bond donors (Lipinski definition) is 1. The van der Waals surface area contributed by atoms with Gasteiger partial charge in [0.15, 0.2) is 0 Å². The van der Waals surface area contributed by atoms with Crippen LogP contribution in [0.2, 0.25) is 5.02 Å². The van der Waals surface area contributed by atoms with Gasteiger partial charge in [0, 0.05) is 37.3 Å². The van der Waals surface area contributed by atoms with Gasteiger partial charge in [-0.15, -0.1) is 11.8 Å². The number of halogens is 1. The van der Waals surface area contributed by atoms with E-state index < -0.39 is 16.1 Å². The van der Waals surface area contributed by atoms with Crippen molar-refractivity contribution >= 4 is 63.9 Å². The number of rotatable bonds is 9. The zero-order chi connectivity index (χ0) is 23.1. The van der Waals surface area contributed by atoms with Gasteiger partial charge in [0.1, 0.15) is 5.02 Å². The molecule has 0 bridgehead atoms. The van der Waals surface area contributed by atoms with Crippen LogP contribution in [0.25, 0.3) is 6.08 Å². The normalized spacial score (nSPS) is 14.8. The van der Waals surface area contributed by atoms with E-state index in [4.69, 9.17) is 11.6 Å². The quantitative estimate of drug-likeness (QED) is 0.319. The molecule has 166 valence electrons.